The highest BCUT2D eigenvalue weighted by molar-refractivity contribution is 6.08. The van der Waals surface area contributed by atoms with E-state index in [4.69, 9.17) is 5.73 Å². The molecule has 3 heteroatoms. The van der Waals surface area contributed by atoms with Crippen LogP contribution in [-0.2, 0) is 6.54 Å². The second kappa shape index (κ2) is 4.68. The second-order valence-corrected chi connectivity index (χ2v) is 3.47. The summed E-state index contributed by atoms with van der Waals surface area (Å²) in [5, 5.41) is 0. The molecule has 0 spiro atoms. The normalized spacial score (nSPS) is 10.1. The summed E-state index contributed by atoms with van der Waals surface area (Å²) in [6.45, 7) is 0.490. The number of nitrogens with two attached hydrogens (primary N) is 1. The Labute approximate surface area is 93.9 Å². The quantitative estimate of drug-likeness (QED) is 0.789. The van der Waals surface area contributed by atoms with Gasteiger partial charge in [-0.25, -0.2) is 0 Å². The van der Waals surface area contributed by atoms with Gasteiger partial charge in [0, 0.05) is 30.1 Å². The third-order valence-electron chi connectivity index (χ3n) is 2.39. The second-order valence-electron chi connectivity index (χ2n) is 3.47. The minimum absolute atomic E-state index is 0.00553. The molecule has 0 saturated carbocycles. The van der Waals surface area contributed by atoms with E-state index in [2.05, 4.69) is 4.98 Å². The van der Waals surface area contributed by atoms with Gasteiger partial charge in [0.15, 0.2) is 5.78 Å². The van der Waals surface area contributed by atoms with Crippen LogP contribution in [0.25, 0.3) is 0 Å². The first-order chi connectivity index (χ1) is 7.81. The molecule has 0 radical (unpaired) electrons. The summed E-state index contributed by atoms with van der Waals surface area (Å²) < 4.78 is 0. The Morgan fingerprint density at radius 3 is 2.12 bits per heavy atom. The Morgan fingerprint density at radius 1 is 1.00 bits per heavy atom. The summed E-state index contributed by atoms with van der Waals surface area (Å²) in [7, 11) is 0. The van der Waals surface area contributed by atoms with Crippen molar-refractivity contribution in [2.75, 3.05) is 0 Å². The standard InChI is InChI=1S/C13H12N2O/c14-9-10-1-3-11(4-2-10)13(16)12-5-7-15-8-6-12/h1-8H,9,14H2. The highest BCUT2D eigenvalue weighted by Gasteiger charge is 2.07. The third kappa shape index (κ3) is 2.15. The fourth-order valence-electron chi connectivity index (χ4n) is 1.46. The maximum absolute atomic E-state index is 12.0. The summed E-state index contributed by atoms with van der Waals surface area (Å²) in [6, 6.07) is 10.7. The van der Waals surface area contributed by atoms with Gasteiger partial charge in [-0.15, -0.1) is 0 Å². The van der Waals surface area contributed by atoms with Crippen LogP contribution in [0, 0.1) is 0 Å². The van der Waals surface area contributed by atoms with Gasteiger partial charge in [-0.05, 0) is 17.7 Å². The number of hydrogen-bond acceptors (Lipinski definition) is 3. The number of carbonyl (C=O) groups excluding carboxylic acids is 1. The molecule has 80 valence electrons. The van der Waals surface area contributed by atoms with E-state index in [0.717, 1.165) is 5.56 Å². The average molecular weight is 212 g/mol. The topological polar surface area (TPSA) is 56.0 Å². The van der Waals surface area contributed by atoms with E-state index in [1.54, 1.807) is 36.7 Å². The van der Waals surface area contributed by atoms with Gasteiger partial charge in [0.1, 0.15) is 0 Å². The minimum atomic E-state index is 0.00553. The predicted octanol–water partition coefficient (Wildman–Crippen LogP) is 1.77. The van der Waals surface area contributed by atoms with Crippen LogP contribution in [0.5, 0.6) is 0 Å². The first-order valence-corrected chi connectivity index (χ1v) is 5.05. The Kier molecular flexibility index (Phi) is 3.08. The van der Waals surface area contributed by atoms with Crippen molar-refractivity contribution in [1.82, 2.24) is 4.98 Å². The number of hydrogen-bond donors (Lipinski definition) is 1. The molecule has 0 aliphatic carbocycles. The van der Waals surface area contributed by atoms with Crippen LogP contribution in [0.3, 0.4) is 0 Å². The zero-order chi connectivity index (χ0) is 11.4. The predicted molar refractivity (Wildman–Crippen MR) is 62.0 cm³/mol. The van der Waals surface area contributed by atoms with Crippen molar-refractivity contribution in [1.29, 1.82) is 0 Å². The van der Waals surface area contributed by atoms with Crippen LogP contribution in [-0.4, -0.2) is 10.8 Å². The highest BCUT2D eigenvalue weighted by atomic mass is 16.1. The van der Waals surface area contributed by atoms with Gasteiger partial charge in [0.2, 0.25) is 0 Å². The lowest BCUT2D eigenvalue weighted by Gasteiger charge is -2.01. The summed E-state index contributed by atoms with van der Waals surface area (Å²) in [4.78, 5) is 15.9. The van der Waals surface area contributed by atoms with Crippen LogP contribution in [0.1, 0.15) is 21.5 Å². The molecule has 0 aliphatic rings. The van der Waals surface area contributed by atoms with Gasteiger partial charge in [-0.3, -0.25) is 9.78 Å². The van der Waals surface area contributed by atoms with Crippen molar-refractivity contribution in [2.45, 2.75) is 6.54 Å². The molecular weight excluding hydrogens is 200 g/mol. The number of rotatable bonds is 3. The van der Waals surface area contributed by atoms with Gasteiger partial charge in [0.05, 0.1) is 0 Å². The molecule has 2 rings (SSSR count). The molecule has 0 saturated heterocycles. The number of pyridine rings is 1. The van der Waals surface area contributed by atoms with Crippen molar-refractivity contribution in [3.8, 4) is 0 Å². The maximum atomic E-state index is 12.0. The number of ketones is 1. The number of carbonyl (C=O) groups is 1. The highest BCUT2D eigenvalue weighted by Crippen LogP contribution is 2.10. The molecule has 1 heterocycles. The van der Waals surface area contributed by atoms with E-state index in [-0.39, 0.29) is 5.78 Å². The first kappa shape index (κ1) is 10.5. The molecule has 0 bridgehead atoms. The molecule has 0 atom stereocenters. The molecule has 3 nitrogen and oxygen atoms in total. The molecule has 0 fully saturated rings. The maximum Gasteiger partial charge on any atom is 0.193 e. The molecule has 16 heavy (non-hydrogen) atoms. The molecule has 1 aromatic heterocycles. The van der Waals surface area contributed by atoms with Crippen molar-refractivity contribution in [2.24, 2.45) is 5.73 Å². The summed E-state index contributed by atoms with van der Waals surface area (Å²) in [5.74, 6) is 0.00553. The molecule has 2 aromatic rings. The summed E-state index contributed by atoms with van der Waals surface area (Å²) in [5.41, 5.74) is 7.83. The molecule has 1 aromatic carbocycles. The van der Waals surface area contributed by atoms with Crippen LogP contribution in [0.15, 0.2) is 48.8 Å². The zero-order valence-electron chi connectivity index (χ0n) is 8.76. The van der Waals surface area contributed by atoms with Gasteiger partial charge in [0.25, 0.3) is 0 Å². The van der Waals surface area contributed by atoms with E-state index in [0.29, 0.717) is 17.7 Å². The zero-order valence-corrected chi connectivity index (χ0v) is 8.76. The summed E-state index contributed by atoms with van der Waals surface area (Å²) >= 11 is 0. The average Bonchev–Trinajstić information content (AvgIpc) is 2.39. The van der Waals surface area contributed by atoms with Gasteiger partial charge in [-0.1, -0.05) is 24.3 Å². The van der Waals surface area contributed by atoms with E-state index in [1.807, 2.05) is 12.1 Å². The molecule has 0 amide bonds. The Morgan fingerprint density at radius 2 is 1.56 bits per heavy atom. The number of benzene rings is 1. The third-order valence-corrected chi connectivity index (χ3v) is 2.39. The largest absolute Gasteiger partial charge is 0.326 e. The van der Waals surface area contributed by atoms with Crippen LogP contribution >= 0.6 is 0 Å². The lowest BCUT2D eigenvalue weighted by Crippen LogP contribution is -2.02. The fourth-order valence-corrected chi connectivity index (χ4v) is 1.46. The van der Waals surface area contributed by atoms with Crippen LogP contribution < -0.4 is 5.73 Å². The van der Waals surface area contributed by atoms with Crippen LogP contribution in [0.2, 0.25) is 0 Å². The van der Waals surface area contributed by atoms with E-state index >= 15 is 0 Å². The number of aromatic nitrogens is 1. The number of nitrogens with zero attached hydrogens (tertiary/aromatic N) is 1. The lowest BCUT2D eigenvalue weighted by molar-refractivity contribution is 0.103. The van der Waals surface area contributed by atoms with Gasteiger partial charge >= 0.3 is 0 Å². The SMILES string of the molecule is NCc1ccc(C(=O)c2ccncc2)cc1. The van der Waals surface area contributed by atoms with Crippen molar-refractivity contribution < 1.29 is 4.79 Å². The van der Waals surface area contributed by atoms with Gasteiger partial charge < -0.3 is 5.73 Å². The monoisotopic (exact) mass is 212 g/mol. The minimum Gasteiger partial charge on any atom is -0.326 e. The van der Waals surface area contributed by atoms with Crippen molar-refractivity contribution in [3.05, 3.63) is 65.5 Å². The molecule has 0 aliphatic heterocycles. The van der Waals surface area contributed by atoms with Crippen LogP contribution in [0.4, 0.5) is 0 Å². The Balaban J connectivity index is 2.28. The Hall–Kier alpha value is -2.00. The fraction of sp³-hybridized carbons (Fsp3) is 0.0769. The summed E-state index contributed by atoms with van der Waals surface area (Å²) in [6.07, 6.45) is 3.23. The van der Waals surface area contributed by atoms with E-state index in [9.17, 15) is 4.79 Å². The van der Waals surface area contributed by atoms with E-state index < -0.39 is 0 Å². The lowest BCUT2D eigenvalue weighted by atomic mass is 10.0. The molecule has 0 unspecified atom stereocenters. The Bertz CT molecular complexity index is 477. The molecular formula is C13H12N2O. The smallest absolute Gasteiger partial charge is 0.193 e. The van der Waals surface area contributed by atoms with E-state index in [1.165, 1.54) is 0 Å². The van der Waals surface area contributed by atoms with Gasteiger partial charge in [-0.2, -0.15) is 0 Å². The van der Waals surface area contributed by atoms with Crippen molar-refractivity contribution in [3.63, 3.8) is 0 Å². The molecule has 2 N–H and O–H groups in total. The van der Waals surface area contributed by atoms with Crippen molar-refractivity contribution >= 4 is 5.78 Å². The first-order valence-electron chi connectivity index (χ1n) is 5.05.